The fourth-order valence-corrected chi connectivity index (χ4v) is 6.32. The van der Waals surface area contributed by atoms with Crippen molar-refractivity contribution in [3.8, 4) is 10.4 Å². The summed E-state index contributed by atoms with van der Waals surface area (Å²) in [6, 6.07) is 14.0. The Labute approximate surface area is 277 Å². The van der Waals surface area contributed by atoms with Gasteiger partial charge in [0.1, 0.15) is 5.82 Å². The maximum absolute atomic E-state index is 14.5. The van der Waals surface area contributed by atoms with E-state index in [4.69, 9.17) is 29.9 Å². The summed E-state index contributed by atoms with van der Waals surface area (Å²) in [5.41, 5.74) is 1.57. The van der Waals surface area contributed by atoms with Crippen molar-refractivity contribution in [3.05, 3.63) is 116 Å². The maximum atomic E-state index is 14.5. The molecule has 0 aliphatic rings. The first-order valence-electron chi connectivity index (χ1n) is 14.1. The summed E-state index contributed by atoms with van der Waals surface area (Å²) in [7, 11) is 0. The first kappa shape index (κ1) is 34.6. The van der Waals surface area contributed by atoms with Gasteiger partial charge >= 0.3 is 11.9 Å². The van der Waals surface area contributed by atoms with Gasteiger partial charge in [-0.25, -0.2) is 4.39 Å². The van der Waals surface area contributed by atoms with Crippen LogP contribution in [0.4, 0.5) is 4.39 Å². The summed E-state index contributed by atoms with van der Waals surface area (Å²) in [5, 5.41) is 2.05. The highest BCUT2D eigenvalue weighted by atomic mass is 35.5. The predicted octanol–water partition coefficient (Wildman–Crippen LogP) is 8.59. The minimum absolute atomic E-state index is 0.0719. The molecule has 0 saturated carbocycles. The molecule has 0 N–H and O–H groups in total. The van der Waals surface area contributed by atoms with Crippen molar-refractivity contribution in [2.45, 2.75) is 52.7 Å². The maximum Gasteiger partial charge on any atom is 0.310 e. The minimum atomic E-state index is -0.528. The zero-order valence-corrected chi connectivity index (χ0v) is 27.7. The van der Waals surface area contributed by atoms with Crippen molar-refractivity contribution in [3.63, 3.8) is 0 Å². The van der Waals surface area contributed by atoms with Crippen molar-refractivity contribution in [1.82, 2.24) is 0 Å². The number of rotatable bonds is 11. The van der Waals surface area contributed by atoms with Crippen molar-refractivity contribution in [2.24, 2.45) is 0 Å². The van der Waals surface area contributed by atoms with Gasteiger partial charge in [0, 0.05) is 15.5 Å². The third-order valence-corrected chi connectivity index (χ3v) is 8.42. The summed E-state index contributed by atoms with van der Waals surface area (Å²) < 4.78 is 34.9. The standard InChI is InChI=1S/C20H16ClFO4S.C14H14O4S/c1-11(2)26-18(23)9-12-8-17(19(24)16-4-3-7-25-16)27-20(12)14-6-5-13(21)10-15(14)22;1-9(2)18-13(15)7-10-6-12(19-8-10)14(16)11-4-3-5-17-11/h3-8,10-11H,9H2,1-2H3;3-6,8-9H,7H2,1-2H3. The van der Waals surface area contributed by atoms with E-state index in [1.807, 2.05) is 0 Å². The minimum Gasteiger partial charge on any atom is -0.463 e. The number of carbonyl (C=O) groups is 4. The van der Waals surface area contributed by atoms with Gasteiger partial charge in [0.2, 0.25) is 11.6 Å². The molecule has 46 heavy (non-hydrogen) atoms. The van der Waals surface area contributed by atoms with Gasteiger partial charge in [0.05, 0.1) is 47.3 Å². The molecule has 0 unspecified atom stereocenters. The van der Waals surface area contributed by atoms with E-state index in [1.54, 1.807) is 75.5 Å². The second-order valence-corrected chi connectivity index (χ2v) is 12.9. The Hall–Kier alpha value is -4.32. The summed E-state index contributed by atoms with van der Waals surface area (Å²) in [5.74, 6) is -1.28. The number of hydrogen-bond donors (Lipinski definition) is 0. The molecule has 240 valence electrons. The molecule has 0 aliphatic heterocycles. The predicted molar refractivity (Wildman–Crippen MR) is 173 cm³/mol. The Kier molecular flexibility index (Phi) is 11.9. The fraction of sp³-hybridized carbons (Fsp3) is 0.235. The van der Waals surface area contributed by atoms with Crippen LogP contribution in [0.2, 0.25) is 5.02 Å². The Balaban J connectivity index is 0.000000222. The Morgan fingerprint density at radius 2 is 1.39 bits per heavy atom. The number of benzene rings is 1. The quantitative estimate of drug-likeness (QED) is 0.100. The van der Waals surface area contributed by atoms with Crippen molar-refractivity contribution in [1.29, 1.82) is 0 Å². The second kappa shape index (κ2) is 15.8. The molecule has 0 saturated heterocycles. The number of ether oxygens (including phenoxy) is 2. The van der Waals surface area contributed by atoms with Gasteiger partial charge in [-0.15, -0.1) is 22.7 Å². The largest absolute Gasteiger partial charge is 0.463 e. The average Bonchev–Trinajstić information content (AvgIpc) is 3.80. The number of esters is 2. The van der Waals surface area contributed by atoms with Crippen LogP contribution >= 0.6 is 34.3 Å². The molecule has 0 spiro atoms. The fourth-order valence-electron chi connectivity index (χ4n) is 4.15. The van der Waals surface area contributed by atoms with E-state index in [-0.39, 0.29) is 58.9 Å². The lowest BCUT2D eigenvalue weighted by Crippen LogP contribution is -2.13. The van der Waals surface area contributed by atoms with Crippen molar-refractivity contribution < 1.29 is 41.9 Å². The number of thiophene rings is 2. The van der Waals surface area contributed by atoms with E-state index in [9.17, 15) is 23.6 Å². The Morgan fingerprint density at radius 3 is 1.93 bits per heavy atom. The topological polar surface area (TPSA) is 113 Å². The van der Waals surface area contributed by atoms with Crippen LogP contribution < -0.4 is 0 Å². The number of hydrogen-bond acceptors (Lipinski definition) is 10. The zero-order valence-electron chi connectivity index (χ0n) is 25.3. The van der Waals surface area contributed by atoms with Crippen LogP contribution in [-0.2, 0) is 31.9 Å². The molecule has 0 aliphatic carbocycles. The highest BCUT2D eigenvalue weighted by Crippen LogP contribution is 2.37. The van der Waals surface area contributed by atoms with E-state index >= 15 is 0 Å². The van der Waals surface area contributed by atoms with Gasteiger partial charge in [-0.2, -0.15) is 0 Å². The van der Waals surface area contributed by atoms with E-state index < -0.39 is 11.8 Å². The average molecular weight is 685 g/mol. The smallest absolute Gasteiger partial charge is 0.310 e. The normalized spacial score (nSPS) is 10.9. The van der Waals surface area contributed by atoms with Gasteiger partial charge in [0.25, 0.3) is 0 Å². The first-order chi connectivity index (χ1) is 21.9. The van der Waals surface area contributed by atoms with Gasteiger partial charge < -0.3 is 18.3 Å². The molecule has 5 aromatic rings. The summed E-state index contributed by atoms with van der Waals surface area (Å²) in [6.07, 6.45) is 2.58. The van der Waals surface area contributed by atoms with Crippen LogP contribution in [0, 0.1) is 5.82 Å². The lowest BCUT2D eigenvalue weighted by atomic mass is 10.1. The van der Waals surface area contributed by atoms with E-state index in [0.717, 1.165) is 16.9 Å². The van der Waals surface area contributed by atoms with Crippen LogP contribution in [0.5, 0.6) is 0 Å². The highest BCUT2D eigenvalue weighted by molar-refractivity contribution is 7.17. The molecular formula is C34H30ClFO8S2. The molecule has 4 aromatic heterocycles. The third-order valence-electron chi connectivity index (χ3n) is 5.99. The van der Waals surface area contributed by atoms with E-state index in [0.29, 0.717) is 26.0 Å². The molecule has 5 rings (SSSR count). The number of furan rings is 2. The SMILES string of the molecule is CC(C)OC(=O)Cc1cc(C(=O)c2ccco2)sc1-c1ccc(Cl)cc1F.CC(C)OC(=O)Cc1csc(C(=O)c2ccco2)c1. The van der Waals surface area contributed by atoms with Crippen LogP contribution in [0.3, 0.4) is 0 Å². The molecule has 0 amide bonds. The van der Waals surface area contributed by atoms with Gasteiger partial charge in [-0.1, -0.05) is 11.6 Å². The van der Waals surface area contributed by atoms with E-state index in [1.165, 1.54) is 36.0 Å². The zero-order chi connectivity index (χ0) is 33.4. The number of carbonyl (C=O) groups excluding carboxylic acids is 4. The number of ketones is 2. The lowest BCUT2D eigenvalue weighted by molar-refractivity contribution is -0.147. The van der Waals surface area contributed by atoms with Crippen LogP contribution in [-0.4, -0.2) is 35.7 Å². The first-order valence-corrected chi connectivity index (χ1v) is 16.2. The molecule has 0 fully saturated rings. The monoisotopic (exact) mass is 684 g/mol. The van der Waals surface area contributed by atoms with E-state index in [2.05, 4.69) is 0 Å². The molecule has 0 radical (unpaired) electrons. The van der Waals surface area contributed by atoms with Crippen molar-refractivity contribution >= 4 is 57.8 Å². The summed E-state index contributed by atoms with van der Waals surface area (Å²) in [6.45, 7) is 7.10. The van der Waals surface area contributed by atoms with Gasteiger partial charge in [-0.3, -0.25) is 19.2 Å². The molecule has 0 atom stereocenters. The van der Waals surface area contributed by atoms with Crippen LogP contribution in [0.1, 0.15) is 69.7 Å². The molecule has 12 heteroatoms. The van der Waals surface area contributed by atoms with Gasteiger partial charge in [-0.05, 0) is 98.8 Å². The second-order valence-electron chi connectivity index (χ2n) is 10.5. The molecule has 8 nitrogen and oxygen atoms in total. The Bertz CT molecular complexity index is 1800. The highest BCUT2D eigenvalue weighted by Gasteiger charge is 2.23. The van der Waals surface area contributed by atoms with Gasteiger partial charge in [0.15, 0.2) is 11.5 Å². The number of halogens is 2. The molecule has 0 bridgehead atoms. The summed E-state index contributed by atoms with van der Waals surface area (Å²) >= 11 is 8.23. The van der Waals surface area contributed by atoms with Crippen LogP contribution in [0.15, 0.2) is 81.3 Å². The Morgan fingerprint density at radius 1 is 0.804 bits per heavy atom. The molecule has 4 heterocycles. The lowest BCUT2D eigenvalue weighted by Gasteiger charge is -2.09. The van der Waals surface area contributed by atoms with Crippen LogP contribution in [0.25, 0.3) is 10.4 Å². The molecule has 1 aromatic carbocycles. The molecular weight excluding hydrogens is 655 g/mol. The summed E-state index contributed by atoms with van der Waals surface area (Å²) in [4.78, 5) is 49.6. The van der Waals surface area contributed by atoms with Crippen molar-refractivity contribution in [2.75, 3.05) is 0 Å². The third kappa shape index (κ3) is 9.35.